The molecule has 0 bridgehead atoms. The fourth-order valence-electron chi connectivity index (χ4n) is 5.01. The van der Waals surface area contributed by atoms with E-state index in [1.807, 2.05) is 0 Å². The number of piperidine rings is 1. The van der Waals surface area contributed by atoms with Gasteiger partial charge < -0.3 is 32.0 Å². The number of anilines is 4. The molecule has 6 N–H and O–H groups in total. The van der Waals surface area contributed by atoms with Crippen molar-refractivity contribution in [3.63, 3.8) is 0 Å². The van der Waals surface area contributed by atoms with Gasteiger partial charge in [-0.25, -0.2) is 0 Å². The zero-order chi connectivity index (χ0) is 25.5. The standard InChI is InChI=1S/C24H29F3N8O/c25-24(26,27)15-2-1-3-16(10-15)31-20-18(12-28)21(34-22(33-20)32-17-11-19(36)30-13-17)35-8-4-14(5-9-35)23(29)6-7-23/h1-3,10,12,14,17,28H,4-9,11,13,29H2,(H,30,36)(H2,31,32,33,34)/t17-/m0/s1. The fourth-order valence-corrected chi connectivity index (χ4v) is 5.01. The number of hydrogen-bond acceptors (Lipinski definition) is 8. The largest absolute Gasteiger partial charge is 0.416 e. The number of amides is 1. The van der Waals surface area contributed by atoms with Gasteiger partial charge in [-0.15, -0.1) is 0 Å². The molecule has 5 rings (SSSR count). The molecule has 1 atom stereocenters. The number of halogens is 3. The molecule has 1 aromatic heterocycles. The van der Waals surface area contributed by atoms with Crippen molar-refractivity contribution < 1.29 is 18.0 Å². The van der Waals surface area contributed by atoms with E-state index >= 15 is 0 Å². The van der Waals surface area contributed by atoms with Crippen LogP contribution in [0, 0.1) is 11.3 Å². The molecule has 12 heteroatoms. The van der Waals surface area contributed by atoms with Crippen molar-refractivity contribution in [1.82, 2.24) is 15.3 Å². The number of aromatic nitrogens is 2. The van der Waals surface area contributed by atoms with E-state index in [9.17, 15) is 18.0 Å². The van der Waals surface area contributed by atoms with Crippen LogP contribution in [0.1, 0.15) is 43.2 Å². The van der Waals surface area contributed by atoms with Crippen LogP contribution in [0.4, 0.5) is 36.4 Å². The molecule has 0 radical (unpaired) electrons. The summed E-state index contributed by atoms with van der Waals surface area (Å²) < 4.78 is 39.8. The first-order valence-corrected chi connectivity index (χ1v) is 12.1. The topological polar surface area (TPSA) is 132 Å². The summed E-state index contributed by atoms with van der Waals surface area (Å²) in [4.78, 5) is 22.9. The molecule has 36 heavy (non-hydrogen) atoms. The summed E-state index contributed by atoms with van der Waals surface area (Å²) in [6.45, 7) is 1.82. The highest BCUT2D eigenvalue weighted by molar-refractivity contribution is 5.93. The lowest BCUT2D eigenvalue weighted by Gasteiger charge is -2.36. The van der Waals surface area contributed by atoms with Gasteiger partial charge in [0.25, 0.3) is 0 Å². The van der Waals surface area contributed by atoms with Gasteiger partial charge >= 0.3 is 6.18 Å². The molecule has 2 aliphatic heterocycles. The first-order valence-electron chi connectivity index (χ1n) is 12.1. The van der Waals surface area contributed by atoms with Crippen molar-refractivity contribution in [2.24, 2.45) is 11.7 Å². The van der Waals surface area contributed by atoms with Crippen molar-refractivity contribution in [2.75, 3.05) is 35.2 Å². The third-order valence-electron chi connectivity index (χ3n) is 7.27. The molecule has 3 aliphatic rings. The average Bonchev–Trinajstić information content (AvgIpc) is 3.47. The lowest BCUT2D eigenvalue weighted by molar-refractivity contribution is -0.137. The molecule has 0 unspecified atom stereocenters. The summed E-state index contributed by atoms with van der Waals surface area (Å²) in [5.74, 6) is 1.34. The number of alkyl halides is 3. The Morgan fingerprint density at radius 1 is 1.22 bits per heavy atom. The molecule has 1 saturated carbocycles. The molecular weight excluding hydrogens is 473 g/mol. The Kier molecular flexibility index (Phi) is 6.23. The van der Waals surface area contributed by atoms with Gasteiger partial charge in [0.2, 0.25) is 11.9 Å². The van der Waals surface area contributed by atoms with Gasteiger partial charge in [-0.3, -0.25) is 4.79 Å². The second-order valence-electron chi connectivity index (χ2n) is 9.82. The van der Waals surface area contributed by atoms with Crippen molar-refractivity contribution in [2.45, 2.75) is 49.9 Å². The van der Waals surface area contributed by atoms with Crippen molar-refractivity contribution in [3.8, 4) is 0 Å². The highest BCUT2D eigenvalue weighted by Crippen LogP contribution is 2.45. The predicted octanol–water partition coefficient (Wildman–Crippen LogP) is 3.24. The molecule has 1 amide bonds. The summed E-state index contributed by atoms with van der Waals surface area (Å²) >= 11 is 0. The summed E-state index contributed by atoms with van der Waals surface area (Å²) in [6.07, 6.45) is 0.795. The quantitative estimate of drug-likeness (QED) is 0.367. The monoisotopic (exact) mass is 502 g/mol. The first kappa shape index (κ1) is 24.3. The van der Waals surface area contributed by atoms with E-state index in [1.165, 1.54) is 12.1 Å². The zero-order valence-electron chi connectivity index (χ0n) is 19.7. The van der Waals surface area contributed by atoms with Gasteiger partial charge in [-0.1, -0.05) is 6.07 Å². The van der Waals surface area contributed by atoms with E-state index < -0.39 is 11.7 Å². The number of carbonyl (C=O) groups is 1. The van der Waals surface area contributed by atoms with E-state index in [0.29, 0.717) is 36.9 Å². The molecular formula is C24H29F3N8O. The lowest BCUT2D eigenvalue weighted by Crippen LogP contribution is -2.43. The Morgan fingerprint density at radius 2 is 1.97 bits per heavy atom. The normalized spacial score (nSPS) is 21.7. The summed E-state index contributed by atoms with van der Waals surface area (Å²) in [6, 6.07) is 4.62. The van der Waals surface area contributed by atoms with Crippen LogP contribution >= 0.6 is 0 Å². The Hall–Kier alpha value is -3.41. The smallest absolute Gasteiger partial charge is 0.356 e. The highest BCUT2D eigenvalue weighted by Gasteiger charge is 2.46. The van der Waals surface area contributed by atoms with Crippen LogP contribution in [0.15, 0.2) is 24.3 Å². The molecule has 9 nitrogen and oxygen atoms in total. The Bertz CT molecular complexity index is 1160. The first-order chi connectivity index (χ1) is 17.1. The van der Waals surface area contributed by atoms with E-state index in [0.717, 1.165) is 44.0 Å². The third kappa shape index (κ3) is 5.08. The minimum atomic E-state index is -4.49. The van der Waals surface area contributed by atoms with E-state index in [2.05, 4.69) is 30.8 Å². The van der Waals surface area contributed by atoms with Crippen molar-refractivity contribution in [1.29, 1.82) is 5.41 Å². The second-order valence-corrected chi connectivity index (χ2v) is 9.82. The molecule has 1 aromatic carbocycles. The zero-order valence-corrected chi connectivity index (χ0v) is 19.7. The van der Waals surface area contributed by atoms with Crippen LogP contribution in [0.25, 0.3) is 0 Å². The molecule has 192 valence electrons. The maximum Gasteiger partial charge on any atom is 0.416 e. The maximum absolute atomic E-state index is 13.3. The van der Waals surface area contributed by atoms with Gasteiger partial charge in [0.1, 0.15) is 11.6 Å². The minimum absolute atomic E-state index is 0.0624. The fraction of sp³-hybridized carbons (Fsp3) is 0.500. The van der Waals surface area contributed by atoms with Crippen LogP contribution in [0.3, 0.4) is 0 Å². The van der Waals surface area contributed by atoms with Crippen molar-refractivity contribution >= 4 is 35.4 Å². The summed E-state index contributed by atoms with van der Waals surface area (Å²) in [5, 5.41) is 16.9. The van der Waals surface area contributed by atoms with E-state index in [1.54, 1.807) is 0 Å². The van der Waals surface area contributed by atoms with E-state index in [-0.39, 0.29) is 41.4 Å². The third-order valence-corrected chi connectivity index (χ3v) is 7.27. The molecule has 0 spiro atoms. The Labute approximate surface area is 206 Å². The number of carbonyl (C=O) groups excluding carboxylic acids is 1. The molecule has 2 aromatic rings. The minimum Gasteiger partial charge on any atom is -0.356 e. The summed E-state index contributed by atoms with van der Waals surface area (Å²) in [7, 11) is 0. The van der Waals surface area contributed by atoms with Crippen molar-refractivity contribution in [3.05, 3.63) is 35.4 Å². The van der Waals surface area contributed by atoms with Gasteiger partial charge in [-0.2, -0.15) is 23.1 Å². The van der Waals surface area contributed by atoms with Gasteiger partial charge in [0.15, 0.2) is 0 Å². The second kappa shape index (κ2) is 9.23. The van der Waals surface area contributed by atoms with Crippen LogP contribution < -0.4 is 26.6 Å². The molecule has 3 heterocycles. The SMILES string of the molecule is N=Cc1c(Nc2cccc(C(F)(F)F)c2)nc(N[C@@H]2CNC(=O)C2)nc1N1CCC(C2(N)CC2)CC1. The average molecular weight is 503 g/mol. The van der Waals surface area contributed by atoms with Gasteiger partial charge in [-0.05, 0) is 49.8 Å². The molecule has 2 saturated heterocycles. The van der Waals surface area contributed by atoms with Crippen LogP contribution in [0.2, 0.25) is 0 Å². The number of benzene rings is 1. The summed E-state index contributed by atoms with van der Waals surface area (Å²) in [5.41, 5.74) is 6.15. The number of rotatable bonds is 7. The number of hydrogen-bond donors (Lipinski definition) is 5. The predicted molar refractivity (Wildman–Crippen MR) is 131 cm³/mol. The Balaban J connectivity index is 1.46. The maximum atomic E-state index is 13.3. The molecule has 1 aliphatic carbocycles. The number of nitrogens with one attached hydrogen (secondary N) is 4. The number of nitrogens with two attached hydrogens (primary N) is 1. The van der Waals surface area contributed by atoms with Crippen LogP contribution in [-0.2, 0) is 11.0 Å². The highest BCUT2D eigenvalue weighted by atomic mass is 19.4. The van der Waals surface area contributed by atoms with E-state index in [4.69, 9.17) is 11.1 Å². The lowest BCUT2D eigenvalue weighted by atomic mass is 9.88. The molecule has 3 fully saturated rings. The Morgan fingerprint density at radius 3 is 2.58 bits per heavy atom. The van der Waals surface area contributed by atoms with Crippen LogP contribution in [0.5, 0.6) is 0 Å². The number of nitrogens with zero attached hydrogens (tertiary/aromatic N) is 3. The van der Waals surface area contributed by atoms with Gasteiger partial charge in [0.05, 0.1) is 17.2 Å². The van der Waals surface area contributed by atoms with Crippen LogP contribution in [-0.4, -0.2) is 53.3 Å². The van der Waals surface area contributed by atoms with Gasteiger partial charge in [0, 0.05) is 43.5 Å².